The van der Waals surface area contributed by atoms with E-state index >= 15 is 0 Å². The molecule has 0 radical (unpaired) electrons. The molecule has 0 saturated heterocycles. The Bertz CT molecular complexity index is 337. The van der Waals surface area contributed by atoms with E-state index in [9.17, 15) is 9.59 Å². The Morgan fingerprint density at radius 3 is 1.18 bits per heavy atom. The van der Waals surface area contributed by atoms with Crippen LogP contribution >= 0.6 is 0 Å². The fourth-order valence-corrected chi connectivity index (χ4v) is 3.64. The first kappa shape index (κ1) is 21.3. The lowest BCUT2D eigenvalue weighted by Gasteiger charge is -2.33. The summed E-state index contributed by atoms with van der Waals surface area (Å²) in [7, 11) is -4.18. The van der Waals surface area contributed by atoms with Gasteiger partial charge in [0.2, 0.25) is 0 Å². The molecule has 0 aromatic rings. The van der Waals surface area contributed by atoms with E-state index < -0.39 is 40.8 Å². The molecule has 0 bridgehead atoms. The average molecular weight is 351 g/mol. The van der Waals surface area contributed by atoms with E-state index in [1.807, 2.05) is 39.3 Å². The molecule has 0 aliphatic carbocycles. The normalized spacial score (nSPS) is 15.1. The molecule has 0 spiro atoms. The molecule has 0 aliphatic rings. The van der Waals surface area contributed by atoms with Gasteiger partial charge in [0.1, 0.15) is 0 Å². The number of hydrogen-bond acceptors (Lipinski definition) is 6. The van der Waals surface area contributed by atoms with Crippen molar-refractivity contribution >= 4 is 28.6 Å². The van der Waals surface area contributed by atoms with Crippen molar-refractivity contribution in [2.45, 2.75) is 65.3 Å². The minimum atomic E-state index is -2.09. The fraction of sp³-hybridized carbons (Fsp3) is 0.857. The van der Waals surface area contributed by atoms with Crippen LogP contribution < -0.4 is 0 Å². The van der Waals surface area contributed by atoms with Crippen molar-refractivity contribution in [3.63, 3.8) is 0 Å². The highest BCUT2D eigenvalue weighted by Gasteiger charge is 2.42. The molecule has 0 saturated carbocycles. The van der Waals surface area contributed by atoms with Gasteiger partial charge in [0.05, 0.1) is 13.2 Å². The average Bonchev–Trinajstić information content (AvgIpc) is 2.31. The predicted molar refractivity (Wildman–Crippen MR) is 89.7 cm³/mol. The summed E-state index contributed by atoms with van der Waals surface area (Å²) in [4.78, 5) is 24.5. The Kier molecular flexibility index (Phi) is 8.52. The molecular formula is C14H30O6Si2. The van der Waals surface area contributed by atoms with E-state index in [1.165, 1.54) is 0 Å². The number of carbonyl (C=O) groups excluding carboxylic acids is 2. The Labute approximate surface area is 135 Å². The van der Waals surface area contributed by atoms with Crippen LogP contribution in [-0.2, 0) is 27.9 Å². The van der Waals surface area contributed by atoms with Gasteiger partial charge in [-0.05, 0) is 53.1 Å². The fourth-order valence-electron chi connectivity index (χ4n) is 1.68. The third-order valence-electron chi connectivity index (χ3n) is 2.27. The van der Waals surface area contributed by atoms with Crippen LogP contribution in [0.5, 0.6) is 0 Å². The Balaban J connectivity index is 5.49. The first-order valence-electron chi connectivity index (χ1n) is 7.60. The summed E-state index contributed by atoms with van der Waals surface area (Å²) in [6.07, 6.45) is -2.17. The van der Waals surface area contributed by atoms with Crippen LogP contribution in [0.4, 0.5) is 0 Å². The third-order valence-corrected chi connectivity index (χ3v) is 4.20. The van der Waals surface area contributed by atoms with Gasteiger partial charge in [0.15, 0.2) is 28.8 Å². The standard InChI is InChI=1S/C14H30O6Si2/c1-9-17-13(15)11(19-21(3,4)5)12(14(16)18-10-2)20-22(6,7)8/h11-12H,9-10H2,1-8H3. The number of ether oxygens (including phenoxy) is 2. The smallest absolute Gasteiger partial charge is 0.337 e. The van der Waals surface area contributed by atoms with Crippen LogP contribution in [0.1, 0.15) is 13.8 Å². The van der Waals surface area contributed by atoms with Crippen LogP contribution in [0.2, 0.25) is 39.3 Å². The highest BCUT2D eigenvalue weighted by atomic mass is 28.4. The van der Waals surface area contributed by atoms with Gasteiger partial charge in [-0.15, -0.1) is 0 Å². The second kappa shape index (κ2) is 8.80. The van der Waals surface area contributed by atoms with Gasteiger partial charge in [-0.3, -0.25) is 0 Å². The molecule has 0 fully saturated rings. The Hall–Kier alpha value is -0.706. The molecule has 2 atom stereocenters. The summed E-state index contributed by atoms with van der Waals surface area (Å²) in [5.74, 6) is -1.16. The van der Waals surface area contributed by atoms with Gasteiger partial charge in [0, 0.05) is 0 Å². The van der Waals surface area contributed by atoms with Crippen molar-refractivity contribution in [3.8, 4) is 0 Å². The maximum Gasteiger partial charge on any atom is 0.337 e. The molecular weight excluding hydrogens is 320 g/mol. The zero-order valence-corrected chi connectivity index (χ0v) is 17.0. The molecule has 0 heterocycles. The first-order valence-corrected chi connectivity index (χ1v) is 14.4. The molecule has 0 N–H and O–H groups in total. The maximum absolute atomic E-state index is 12.3. The van der Waals surface area contributed by atoms with Crippen molar-refractivity contribution < 1.29 is 27.9 Å². The maximum atomic E-state index is 12.3. The lowest BCUT2D eigenvalue weighted by Crippen LogP contribution is -2.52. The quantitative estimate of drug-likeness (QED) is 0.470. The van der Waals surface area contributed by atoms with Crippen molar-refractivity contribution in [1.82, 2.24) is 0 Å². The number of carbonyl (C=O) groups is 2. The van der Waals surface area contributed by atoms with Gasteiger partial charge < -0.3 is 18.3 Å². The lowest BCUT2D eigenvalue weighted by molar-refractivity contribution is -0.169. The van der Waals surface area contributed by atoms with E-state index in [0.29, 0.717) is 0 Å². The van der Waals surface area contributed by atoms with E-state index in [2.05, 4.69) is 0 Å². The highest BCUT2D eigenvalue weighted by molar-refractivity contribution is 6.70. The van der Waals surface area contributed by atoms with Gasteiger partial charge in [0.25, 0.3) is 0 Å². The van der Waals surface area contributed by atoms with Gasteiger partial charge >= 0.3 is 11.9 Å². The molecule has 0 aliphatic heterocycles. The van der Waals surface area contributed by atoms with Crippen molar-refractivity contribution in [3.05, 3.63) is 0 Å². The molecule has 0 rings (SSSR count). The summed E-state index contributed by atoms with van der Waals surface area (Å²) in [6.45, 7) is 15.5. The molecule has 0 aromatic heterocycles. The van der Waals surface area contributed by atoms with E-state index in [4.69, 9.17) is 18.3 Å². The Morgan fingerprint density at radius 2 is 1.00 bits per heavy atom. The number of hydrogen-bond donors (Lipinski definition) is 0. The van der Waals surface area contributed by atoms with Crippen molar-refractivity contribution in [2.24, 2.45) is 0 Å². The molecule has 8 heteroatoms. The van der Waals surface area contributed by atoms with Gasteiger partial charge in [-0.2, -0.15) is 0 Å². The topological polar surface area (TPSA) is 71.1 Å². The Morgan fingerprint density at radius 1 is 0.727 bits per heavy atom. The van der Waals surface area contributed by atoms with Crippen LogP contribution in [-0.4, -0.2) is 54.0 Å². The first-order chi connectivity index (χ1) is 9.91. The second-order valence-electron chi connectivity index (χ2n) is 6.81. The molecule has 0 aromatic carbocycles. The minimum absolute atomic E-state index is 0.215. The number of esters is 2. The van der Waals surface area contributed by atoms with Crippen molar-refractivity contribution in [2.75, 3.05) is 13.2 Å². The van der Waals surface area contributed by atoms with Crippen molar-refractivity contribution in [1.29, 1.82) is 0 Å². The summed E-state index contributed by atoms with van der Waals surface area (Å²) in [5.41, 5.74) is 0. The van der Waals surface area contributed by atoms with Crippen LogP contribution in [0, 0.1) is 0 Å². The molecule has 0 amide bonds. The summed E-state index contributed by atoms with van der Waals surface area (Å²) in [6, 6.07) is 0. The van der Waals surface area contributed by atoms with Crippen LogP contribution in [0.25, 0.3) is 0 Å². The molecule has 22 heavy (non-hydrogen) atoms. The predicted octanol–water partition coefficient (Wildman–Crippen LogP) is 2.55. The number of rotatable bonds is 9. The van der Waals surface area contributed by atoms with Gasteiger partial charge in [-0.1, -0.05) is 0 Å². The monoisotopic (exact) mass is 350 g/mol. The largest absolute Gasteiger partial charge is 0.464 e. The molecule has 130 valence electrons. The highest BCUT2D eigenvalue weighted by Crippen LogP contribution is 2.19. The minimum Gasteiger partial charge on any atom is -0.464 e. The molecule has 2 unspecified atom stereocenters. The second-order valence-corrected chi connectivity index (χ2v) is 15.7. The zero-order valence-electron chi connectivity index (χ0n) is 15.0. The summed E-state index contributed by atoms with van der Waals surface area (Å²) >= 11 is 0. The van der Waals surface area contributed by atoms with Gasteiger partial charge in [-0.25, -0.2) is 9.59 Å². The van der Waals surface area contributed by atoms with E-state index in [0.717, 1.165) is 0 Å². The van der Waals surface area contributed by atoms with E-state index in [-0.39, 0.29) is 13.2 Å². The summed E-state index contributed by atoms with van der Waals surface area (Å²) in [5, 5.41) is 0. The lowest BCUT2D eigenvalue weighted by atomic mass is 10.2. The third kappa shape index (κ3) is 8.67. The van der Waals surface area contributed by atoms with Crippen LogP contribution in [0.3, 0.4) is 0 Å². The van der Waals surface area contributed by atoms with E-state index in [1.54, 1.807) is 13.8 Å². The summed E-state index contributed by atoms with van der Waals surface area (Å²) < 4.78 is 21.9. The zero-order chi connectivity index (χ0) is 17.6. The SMILES string of the molecule is CCOC(=O)C(O[Si](C)(C)C)C(O[Si](C)(C)C)C(=O)OCC. The molecule has 6 nitrogen and oxygen atoms in total. The van der Waals surface area contributed by atoms with Crippen LogP contribution in [0.15, 0.2) is 0 Å².